The number of hydrogen-bond donors (Lipinski definition) is 2. The Morgan fingerprint density at radius 1 is 1.11 bits per heavy atom. The molecule has 1 aromatic rings. The van der Waals surface area contributed by atoms with Gasteiger partial charge in [-0.25, -0.2) is 4.79 Å². The number of amides is 5. The van der Waals surface area contributed by atoms with Crippen LogP contribution in [-0.2, 0) is 14.4 Å². The summed E-state index contributed by atoms with van der Waals surface area (Å²) in [5, 5.41) is 2.77. The SMILES string of the molecule is CCN1C(=O)C2C(C1=O)C(c1ccc(C)cc1)N(C(=O)NC(C)C)C2C(N)=O. The fraction of sp³-hybridized carbons (Fsp3) is 0.500. The van der Waals surface area contributed by atoms with Gasteiger partial charge >= 0.3 is 6.03 Å². The van der Waals surface area contributed by atoms with Gasteiger partial charge in [-0.3, -0.25) is 19.3 Å². The van der Waals surface area contributed by atoms with E-state index in [2.05, 4.69) is 5.32 Å². The van der Waals surface area contributed by atoms with Crippen LogP contribution in [0.2, 0.25) is 0 Å². The van der Waals surface area contributed by atoms with Gasteiger partial charge in [-0.2, -0.15) is 0 Å². The fourth-order valence-corrected chi connectivity index (χ4v) is 4.29. The van der Waals surface area contributed by atoms with Crippen LogP contribution >= 0.6 is 0 Å². The van der Waals surface area contributed by atoms with Crippen LogP contribution in [0.4, 0.5) is 4.79 Å². The van der Waals surface area contributed by atoms with Crippen molar-refractivity contribution in [2.45, 2.75) is 45.8 Å². The van der Waals surface area contributed by atoms with Crippen molar-refractivity contribution >= 4 is 23.8 Å². The zero-order valence-corrected chi connectivity index (χ0v) is 16.5. The molecule has 0 aliphatic carbocycles. The largest absolute Gasteiger partial charge is 0.368 e. The molecule has 0 spiro atoms. The summed E-state index contributed by atoms with van der Waals surface area (Å²) in [6.45, 7) is 7.45. The molecule has 8 nitrogen and oxygen atoms in total. The molecular weight excluding hydrogens is 360 g/mol. The number of aryl methyl sites for hydroxylation is 1. The summed E-state index contributed by atoms with van der Waals surface area (Å²) in [5.74, 6) is -3.39. The summed E-state index contributed by atoms with van der Waals surface area (Å²) in [4.78, 5) is 53.7. The van der Waals surface area contributed by atoms with Crippen molar-refractivity contribution < 1.29 is 19.2 Å². The van der Waals surface area contributed by atoms with Crippen LogP contribution in [0.3, 0.4) is 0 Å². The van der Waals surface area contributed by atoms with E-state index in [0.717, 1.165) is 10.5 Å². The monoisotopic (exact) mass is 386 g/mol. The summed E-state index contributed by atoms with van der Waals surface area (Å²) >= 11 is 0. The number of imide groups is 1. The van der Waals surface area contributed by atoms with Crippen molar-refractivity contribution in [3.63, 3.8) is 0 Å². The first-order chi connectivity index (χ1) is 13.2. The zero-order chi connectivity index (χ0) is 20.7. The molecule has 0 radical (unpaired) electrons. The van der Waals surface area contributed by atoms with Crippen molar-refractivity contribution in [1.29, 1.82) is 0 Å². The summed E-state index contributed by atoms with van der Waals surface area (Å²) < 4.78 is 0. The molecular formula is C20H26N4O4. The molecule has 3 N–H and O–H groups in total. The molecule has 4 atom stereocenters. The second kappa shape index (κ2) is 7.26. The molecule has 2 fully saturated rings. The average molecular weight is 386 g/mol. The van der Waals surface area contributed by atoms with Crippen LogP contribution in [0.15, 0.2) is 24.3 Å². The molecule has 28 heavy (non-hydrogen) atoms. The maximum atomic E-state index is 13.0. The number of nitrogens with two attached hydrogens (primary N) is 1. The lowest BCUT2D eigenvalue weighted by Gasteiger charge is -2.33. The third-order valence-electron chi connectivity index (χ3n) is 5.44. The van der Waals surface area contributed by atoms with Crippen molar-refractivity contribution in [3.8, 4) is 0 Å². The minimum atomic E-state index is -1.18. The Hall–Kier alpha value is -2.90. The molecule has 0 aromatic heterocycles. The Balaban J connectivity index is 2.16. The van der Waals surface area contributed by atoms with Crippen LogP contribution in [0.5, 0.6) is 0 Å². The van der Waals surface area contributed by atoms with Gasteiger partial charge in [0.25, 0.3) is 0 Å². The van der Waals surface area contributed by atoms with Crippen molar-refractivity contribution in [3.05, 3.63) is 35.4 Å². The maximum absolute atomic E-state index is 13.0. The van der Waals surface area contributed by atoms with E-state index in [4.69, 9.17) is 5.73 Å². The highest BCUT2D eigenvalue weighted by Crippen LogP contribution is 2.49. The third kappa shape index (κ3) is 3.02. The molecule has 3 rings (SSSR count). The van der Waals surface area contributed by atoms with Crippen molar-refractivity contribution in [1.82, 2.24) is 15.1 Å². The second-order valence-corrected chi connectivity index (χ2v) is 7.69. The Bertz CT molecular complexity index is 820. The molecule has 8 heteroatoms. The van der Waals surface area contributed by atoms with Crippen molar-refractivity contribution in [2.24, 2.45) is 17.6 Å². The van der Waals surface area contributed by atoms with E-state index >= 15 is 0 Å². The average Bonchev–Trinajstić information content (AvgIpc) is 3.09. The van der Waals surface area contributed by atoms with Gasteiger partial charge in [-0.15, -0.1) is 0 Å². The number of urea groups is 1. The molecule has 2 aliphatic heterocycles. The number of likely N-dealkylation sites (tertiary alicyclic amines) is 2. The third-order valence-corrected chi connectivity index (χ3v) is 5.44. The lowest BCUT2D eigenvalue weighted by Crippen LogP contribution is -2.54. The number of hydrogen-bond acceptors (Lipinski definition) is 4. The van der Waals surface area contributed by atoms with Gasteiger partial charge in [0.2, 0.25) is 17.7 Å². The number of nitrogens with one attached hydrogen (secondary N) is 1. The van der Waals surface area contributed by atoms with Gasteiger partial charge in [0, 0.05) is 12.6 Å². The molecule has 150 valence electrons. The number of carbonyl (C=O) groups excluding carboxylic acids is 4. The summed E-state index contributed by atoms with van der Waals surface area (Å²) in [6.07, 6.45) is 0. The van der Waals surface area contributed by atoms with E-state index in [0.29, 0.717) is 5.56 Å². The predicted octanol–water partition coefficient (Wildman–Crippen LogP) is 0.945. The van der Waals surface area contributed by atoms with Gasteiger partial charge in [0.05, 0.1) is 17.9 Å². The van der Waals surface area contributed by atoms with Crippen LogP contribution in [0.1, 0.15) is 37.9 Å². The first kappa shape index (κ1) is 19.9. The number of nitrogens with zero attached hydrogens (tertiary/aromatic N) is 2. The molecule has 2 saturated heterocycles. The molecule has 4 unspecified atom stereocenters. The van der Waals surface area contributed by atoms with E-state index in [-0.39, 0.29) is 18.5 Å². The van der Waals surface area contributed by atoms with E-state index in [1.807, 2.05) is 31.2 Å². The first-order valence-corrected chi connectivity index (χ1v) is 9.49. The molecule has 1 aromatic carbocycles. The summed E-state index contributed by atoms with van der Waals surface area (Å²) in [6, 6.07) is 4.78. The number of carbonyl (C=O) groups is 4. The highest BCUT2D eigenvalue weighted by Gasteiger charge is 2.64. The number of rotatable bonds is 4. The smallest absolute Gasteiger partial charge is 0.318 e. The minimum Gasteiger partial charge on any atom is -0.368 e. The Morgan fingerprint density at radius 3 is 2.18 bits per heavy atom. The van der Waals surface area contributed by atoms with Gasteiger partial charge in [-0.05, 0) is 33.3 Å². The van der Waals surface area contributed by atoms with Gasteiger partial charge in [0.15, 0.2) is 0 Å². The highest BCUT2D eigenvalue weighted by molar-refractivity contribution is 6.09. The Morgan fingerprint density at radius 2 is 1.68 bits per heavy atom. The van der Waals surface area contributed by atoms with Crippen LogP contribution in [0, 0.1) is 18.8 Å². The first-order valence-electron chi connectivity index (χ1n) is 9.49. The maximum Gasteiger partial charge on any atom is 0.318 e. The van der Waals surface area contributed by atoms with Crippen LogP contribution < -0.4 is 11.1 Å². The number of benzene rings is 1. The molecule has 2 aliphatic rings. The molecule has 0 saturated carbocycles. The Labute approximate surface area is 164 Å². The fourth-order valence-electron chi connectivity index (χ4n) is 4.29. The highest BCUT2D eigenvalue weighted by atomic mass is 16.2. The Kier molecular flexibility index (Phi) is 5.14. The number of fused-ring (bicyclic) bond motifs is 1. The van der Waals surface area contributed by atoms with Crippen molar-refractivity contribution in [2.75, 3.05) is 6.54 Å². The van der Waals surface area contributed by atoms with Gasteiger partial charge < -0.3 is 16.0 Å². The number of primary amides is 1. The second-order valence-electron chi connectivity index (χ2n) is 7.69. The van der Waals surface area contributed by atoms with E-state index < -0.39 is 41.8 Å². The summed E-state index contributed by atoms with van der Waals surface area (Å²) in [5.41, 5.74) is 7.35. The lowest BCUT2D eigenvalue weighted by atomic mass is 9.86. The molecule has 0 bridgehead atoms. The van der Waals surface area contributed by atoms with E-state index in [1.165, 1.54) is 4.90 Å². The standard InChI is InChI=1S/C20H26N4O4/c1-5-23-18(26)13-14(19(23)27)16(17(21)25)24(20(28)22-10(2)3)15(13)12-8-6-11(4)7-9-12/h6-10,13-16H,5H2,1-4H3,(H2,21,25)(H,22,28). The lowest BCUT2D eigenvalue weighted by molar-refractivity contribution is -0.142. The predicted molar refractivity (Wildman–Crippen MR) is 102 cm³/mol. The topological polar surface area (TPSA) is 113 Å². The van der Waals surface area contributed by atoms with E-state index in [9.17, 15) is 19.2 Å². The quantitative estimate of drug-likeness (QED) is 0.750. The van der Waals surface area contributed by atoms with Crippen LogP contribution in [0.25, 0.3) is 0 Å². The van der Waals surface area contributed by atoms with Gasteiger partial charge in [-0.1, -0.05) is 29.8 Å². The molecule has 2 heterocycles. The van der Waals surface area contributed by atoms with Crippen LogP contribution in [-0.4, -0.2) is 52.2 Å². The normalized spacial score (nSPS) is 26.8. The van der Waals surface area contributed by atoms with E-state index in [1.54, 1.807) is 20.8 Å². The zero-order valence-electron chi connectivity index (χ0n) is 16.5. The molecule has 5 amide bonds. The van der Waals surface area contributed by atoms with Gasteiger partial charge in [0.1, 0.15) is 6.04 Å². The minimum absolute atomic E-state index is 0.182. The summed E-state index contributed by atoms with van der Waals surface area (Å²) in [7, 11) is 0.